The number of hydrogen-bond donors (Lipinski definition) is 0. The monoisotopic (exact) mass is 330 g/mol. The van der Waals surface area contributed by atoms with Gasteiger partial charge in [-0.2, -0.15) is 0 Å². The highest BCUT2D eigenvalue weighted by Crippen LogP contribution is 2.30. The smallest absolute Gasteiger partial charge is 0.0184 e. The van der Waals surface area contributed by atoms with Crippen LogP contribution in [0.1, 0.15) is 32.1 Å². The Kier molecular flexibility index (Phi) is 8.14. The Labute approximate surface area is 140 Å². The summed E-state index contributed by atoms with van der Waals surface area (Å²) in [5, 5.41) is 0. The van der Waals surface area contributed by atoms with E-state index in [-0.39, 0.29) is 0 Å². The maximum Gasteiger partial charge on any atom is -0.0184 e. The lowest BCUT2D eigenvalue weighted by molar-refractivity contribution is 0.358. The summed E-state index contributed by atoms with van der Waals surface area (Å²) in [5.74, 6) is 1.01. The fourth-order valence-electron chi connectivity index (χ4n) is 3.02. The van der Waals surface area contributed by atoms with Crippen LogP contribution in [0.2, 0.25) is 0 Å². The van der Waals surface area contributed by atoms with Gasteiger partial charge in [-0.1, -0.05) is 79.9 Å². The first-order valence-electron chi connectivity index (χ1n) is 8.37. The molecule has 0 saturated heterocycles. The van der Waals surface area contributed by atoms with E-state index >= 15 is 0 Å². The molecule has 0 aliphatic heterocycles. The van der Waals surface area contributed by atoms with Crippen molar-refractivity contribution < 1.29 is 0 Å². The van der Waals surface area contributed by atoms with Gasteiger partial charge in [0.25, 0.3) is 0 Å². The van der Waals surface area contributed by atoms with Gasteiger partial charge in [-0.25, -0.2) is 0 Å². The lowest BCUT2D eigenvalue weighted by Crippen LogP contribution is -2.18. The molecule has 0 amide bonds. The standard InChI is InChI=1S/C12H10.C8H18P2/c1-3-7-11(8-4-1)12-9-5-2-6-10-12;9-6-8(10)7-4-2-1-3-5-7/h1-10H;7-8H,1-6,9-10H2. The second-order valence-electron chi connectivity index (χ2n) is 6.03. The van der Waals surface area contributed by atoms with Crippen LogP contribution in [0.3, 0.4) is 0 Å². The second-order valence-corrected chi connectivity index (χ2v) is 7.36. The molecule has 0 bridgehead atoms. The first-order valence-corrected chi connectivity index (χ1v) is 9.85. The van der Waals surface area contributed by atoms with E-state index in [0.717, 1.165) is 11.6 Å². The molecule has 0 spiro atoms. The summed E-state index contributed by atoms with van der Waals surface area (Å²) < 4.78 is 0. The largest absolute Gasteiger partial charge is 0.137 e. The van der Waals surface area contributed by atoms with Crippen LogP contribution in [-0.2, 0) is 0 Å². The quantitative estimate of drug-likeness (QED) is 0.602. The Morgan fingerprint density at radius 1 is 0.773 bits per heavy atom. The molecule has 3 atom stereocenters. The Bertz CT molecular complexity index is 466. The molecule has 0 N–H and O–H groups in total. The zero-order chi connectivity index (χ0) is 15.6. The van der Waals surface area contributed by atoms with Crippen molar-refractivity contribution >= 4 is 18.5 Å². The molecular weight excluding hydrogens is 302 g/mol. The van der Waals surface area contributed by atoms with Crippen LogP contribution in [0.4, 0.5) is 0 Å². The molecule has 2 heteroatoms. The van der Waals surface area contributed by atoms with Gasteiger partial charge in [0, 0.05) is 0 Å². The average Bonchev–Trinajstić information content (AvgIpc) is 2.64. The SMILES string of the molecule is PCC(P)C1CCCCC1.c1ccc(-c2ccccc2)cc1. The predicted molar refractivity (Wildman–Crippen MR) is 107 cm³/mol. The summed E-state index contributed by atoms with van der Waals surface area (Å²) in [5.41, 5.74) is 3.42. The minimum Gasteiger partial charge on any atom is -0.137 e. The summed E-state index contributed by atoms with van der Waals surface area (Å²) in [6.07, 6.45) is 8.63. The van der Waals surface area contributed by atoms with Crippen LogP contribution >= 0.6 is 18.5 Å². The molecule has 3 unspecified atom stereocenters. The third-order valence-electron chi connectivity index (χ3n) is 4.41. The molecule has 0 nitrogen and oxygen atoms in total. The van der Waals surface area contributed by atoms with E-state index in [4.69, 9.17) is 0 Å². The van der Waals surface area contributed by atoms with E-state index in [2.05, 4.69) is 67.0 Å². The van der Waals surface area contributed by atoms with Crippen molar-refractivity contribution in [2.24, 2.45) is 5.92 Å². The van der Waals surface area contributed by atoms with Crippen LogP contribution in [0, 0.1) is 5.92 Å². The lowest BCUT2D eigenvalue weighted by atomic mass is 9.87. The molecule has 1 saturated carbocycles. The highest BCUT2D eigenvalue weighted by atomic mass is 31.0. The van der Waals surface area contributed by atoms with Crippen LogP contribution < -0.4 is 0 Å². The van der Waals surface area contributed by atoms with Gasteiger partial charge < -0.3 is 0 Å². The molecular formula is C20H28P2. The molecule has 0 heterocycles. The van der Waals surface area contributed by atoms with Crippen molar-refractivity contribution in [3.63, 3.8) is 0 Å². The van der Waals surface area contributed by atoms with Gasteiger partial charge in [-0.3, -0.25) is 0 Å². The third kappa shape index (κ3) is 5.83. The molecule has 1 aliphatic carbocycles. The second kappa shape index (κ2) is 10.1. The Balaban J connectivity index is 0.000000164. The zero-order valence-electron chi connectivity index (χ0n) is 13.3. The van der Waals surface area contributed by atoms with Gasteiger partial charge in [-0.05, 0) is 41.7 Å². The predicted octanol–water partition coefficient (Wildman–Crippen LogP) is 6.04. The molecule has 2 aromatic rings. The fraction of sp³-hybridized carbons (Fsp3) is 0.400. The van der Waals surface area contributed by atoms with E-state index in [1.807, 2.05) is 12.1 Å². The molecule has 22 heavy (non-hydrogen) atoms. The van der Waals surface area contributed by atoms with Crippen molar-refractivity contribution in [3.05, 3.63) is 60.7 Å². The van der Waals surface area contributed by atoms with Gasteiger partial charge in [0.2, 0.25) is 0 Å². The van der Waals surface area contributed by atoms with Crippen molar-refractivity contribution in [2.75, 3.05) is 6.16 Å². The van der Waals surface area contributed by atoms with Gasteiger partial charge >= 0.3 is 0 Å². The summed E-state index contributed by atoms with van der Waals surface area (Å²) in [4.78, 5) is 0. The molecule has 3 rings (SSSR count). The van der Waals surface area contributed by atoms with Crippen LogP contribution in [-0.4, -0.2) is 11.8 Å². The van der Waals surface area contributed by atoms with E-state index in [1.165, 1.54) is 49.4 Å². The normalized spacial score (nSPS) is 16.5. The minimum absolute atomic E-state index is 0.866. The van der Waals surface area contributed by atoms with Crippen LogP contribution in [0.15, 0.2) is 60.7 Å². The van der Waals surface area contributed by atoms with Gasteiger partial charge in [0.15, 0.2) is 0 Å². The minimum atomic E-state index is 0.866. The highest BCUT2D eigenvalue weighted by molar-refractivity contribution is 7.22. The molecule has 118 valence electrons. The first kappa shape index (κ1) is 17.7. The Morgan fingerprint density at radius 3 is 1.64 bits per heavy atom. The van der Waals surface area contributed by atoms with E-state index in [0.29, 0.717) is 0 Å². The van der Waals surface area contributed by atoms with Gasteiger partial charge in [0.05, 0.1) is 0 Å². The Hall–Kier alpha value is -0.700. The molecule has 1 fully saturated rings. The summed E-state index contributed by atoms with van der Waals surface area (Å²) in [7, 11) is 5.83. The van der Waals surface area contributed by atoms with Crippen molar-refractivity contribution in [2.45, 2.75) is 37.8 Å². The highest BCUT2D eigenvalue weighted by Gasteiger charge is 2.18. The lowest BCUT2D eigenvalue weighted by Gasteiger charge is -2.26. The van der Waals surface area contributed by atoms with Crippen LogP contribution in [0.5, 0.6) is 0 Å². The third-order valence-corrected chi connectivity index (χ3v) is 6.31. The summed E-state index contributed by atoms with van der Waals surface area (Å²) in [6.45, 7) is 0. The molecule has 0 radical (unpaired) electrons. The van der Waals surface area contributed by atoms with Crippen molar-refractivity contribution in [1.82, 2.24) is 0 Å². The number of benzene rings is 2. The summed E-state index contributed by atoms with van der Waals surface area (Å²) >= 11 is 0. The van der Waals surface area contributed by atoms with Crippen molar-refractivity contribution in [3.8, 4) is 11.1 Å². The maximum atomic E-state index is 2.98. The van der Waals surface area contributed by atoms with Crippen molar-refractivity contribution in [1.29, 1.82) is 0 Å². The maximum absolute atomic E-state index is 2.98. The van der Waals surface area contributed by atoms with Gasteiger partial charge in [0.1, 0.15) is 0 Å². The number of hydrogen-bond acceptors (Lipinski definition) is 0. The van der Waals surface area contributed by atoms with E-state index in [9.17, 15) is 0 Å². The van der Waals surface area contributed by atoms with Gasteiger partial charge in [-0.15, -0.1) is 18.5 Å². The van der Waals surface area contributed by atoms with E-state index < -0.39 is 0 Å². The zero-order valence-corrected chi connectivity index (χ0v) is 15.6. The fourth-order valence-corrected chi connectivity index (χ4v) is 3.79. The Morgan fingerprint density at radius 2 is 1.23 bits per heavy atom. The molecule has 2 aromatic carbocycles. The molecule has 1 aliphatic rings. The molecule has 0 aromatic heterocycles. The average molecular weight is 330 g/mol. The first-order chi connectivity index (χ1) is 10.8. The topological polar surface area (TPSA) is 0 Å². The van der Waals surface area contributed by atoms with E-state index in [1.54, 1.807) is 0 Å². The summed E-state index contributed by atoms with van der Waals surface area (Å²) in [6, 6.07) is 20.8. The van der Waals surface area contributed by atoms with Crippen LogP contribution in [0.25, 0.3) is 11.1 Å². The number of rotatable bonds is 3.